The zero-order chi connectivity index (χ0) is 22.0. The molecule has 8 heteroatoms. The highest BCUT2D eigenvalue weighted by Crippen LogP contribution is 2.40. The first-order chi connectivity index (χ1) is 15.0. The van der Waals surface area contributed by atoms with Gasteiger partial charge in [0.05, 0.1) is 16.5 Å². The summed E-state index contributed by atoms with van der Waals surface area (Å²) >= 11 is 1.56. The average molecular weight is 454 g/mol. The van der Waals surface area contributed by atoms with E-state index in [1.807, 2.05) is 50.4 Å². The van der Waals surface area contributed by atoms with Crippen LogP contribution < -0.4 is 9.46 Å². The summed E-state index contributed by atoms with van der Waals surface area (Å²) in [6.07, 6.45) is 4.48. The molecule has 1 aliphatic rings. The minimum absolute atomic E-state index is 0.00765. The number of aromatic nitrogens is 1. The molecule has 0 radical (unpaired) electrons. The van der Waals surface area contributed by atoms with E-state index in [1.165, 1.54) is 5.56 Å². The quantitative estimate of drug-likeness (QED) is 0.531. The van der Waals surface area contributed by atoms with Crippen molar-refractivity contribution in [2.45, 2.75) is 45.3 Å². The Morgan fingerprint density at radius 3 is 2.87 bits per heavy atom. The molecule has 0 fully saturated rings. The molecule has 1 N–H and O–H groups in total. The lowest BCUT2D eigenvalue weighted by atomic mass is 9.85. The minimum Gasteiger partial charge on any atom is -0.490 e. The Kier molecular flexibility index (Phi) is 6.37. The van der Waals surface area contributed by atoms with Gasteiger partial charge in [-0.25, -0.2) is 18.1 Å². The lowest BCUT2D eigenvalue weighted by Gasteiger charge is -2.26. The van der Waals surface area contributed by atoms with Crippen LogP contribution in [-0.4, -0.2) is 19.5 Å². The molecule has 3 aromatic rings. The van der Waals surface area contributed by atoms with Crippen molar-refractivity contribution in [1.82, 2.24) is 9.71 Å². The summed E-state index contributed by atoms with van der Waals surface area (Å²) in [7, 11) is -2.65. The van der Waals surface area contributed by atoms with Gasteiger partial charge < -0.3 is 4.74 Å². The van der Waals surface area contributed by atoms with Gasteiger partial charge in [-0.1, -0.05) is 18.2 Å². The highest BCUT2D eigenvalue weighted by Gasteiger charge is 2.23. The normalized spacial score (nSPS) is 15.6. The summed E-state index contributed by atoms with van der Waals surface area (Å²) in [6, 6.07) is 13.6. The molecule has 0 aliphatic heterocycles. The van der Waals surface area contributed by atoms with Gasteiger partial charge in [-0.3, -0.25) is 0 Å². The first kappa shape index (κ1) is 21.5. The van der Waals surface area contributed by atoms with Gasteiger partial charge in [-0.05, 0) is 68.0 Å². The molecular weight excluding hydrogens is 430 g/mol. The maximum atomic E-state index is 11.2. The van der Waals surface area contributed by atoms with Crippen molar-refractivity contribution in [1.29, 1.82) is 5.26 Å². The molecule has 1 heterocycles. The fraction of sp³-hybridized carbons (Fsp3) is 0.304. The Labute approximate surface area is 187 Å². The van der Waals surface area contributed by atoms with Crippen molar-refractivity contribution >= 4 is 22.2 Å². The number of nitrogens with zero attached hydrogens (tertiary/aromatic N) is 2. The second kappa shape index (κ2) is 9.18. The number of fused-ring (bicyclic) bond motifs is 1. The van der Waals surface area contributed by atoms with E-state index in [-0.39, 0.29) is 12.1 Å². The maximum absolute atomic E-state index is 11.2. The van der Waals surface area contributed by atoms with Crippen molar-refractivity contribution in [3.8, 4) is 32.8 Å². The zero-order valence-electron chi connectivity index (χ0n) is 17.3. The standard InChI is InChI=1S/C23H23N3O3S2/c1-14(2)29-21-10-9-15(11-16(21)12-24)23-25-13-22(30-23)19-7-3-6-18-17(19)5-4-8-20(18)26-31(27)28/h3,6-7,9-11,13-14,20,31H,4-5,8H2,1-2H3,(H,26,27,28)/t20-/m1/s1. The number of hydrogen-bond donors (Lipinski definition) is 2. The molecule has 1 aromatic heterocycles. The smallest absolute Gasteiger partial charge is 0.201 e. The van der Waals surface area contributed by atoms with E-state index in [2.05, 4.69) is 21.8 Å². The van der Waals surface area contributed by atoms with E-state index in [9.17, 15) is 13.7 Å². The summed E-state index contributed by atoms with van der Waals surface area (Å²) in [5.74, 6) is 0.574. The molecule has 160 valence electrons. The Balaban J connectivity index is 1.68. The van der Waals surface area contributed by atoms with Crippen LogP contribution in [0.2, 0.25) is 0 Å². The number of thiazole rings is 1. The SMILES string of the molecule is CC(C)Oc1ccc(-c2ncc(-c3cccc4c3CCC[C@H]4N[SH](=O)=O)s2)cc1C#N. The summed E-state index contributed by atoms with van der Waals surface area (Å²) in [5.41, 5.74) is 4.67. The molecule has 0 spiro atoms. The monoisotopic (exact) mass is 453 g/mol. The van der Waals surface area contributed by atoms with Crippen LogP contribution in [0.15, 0.2) is 42.6 Å². The fourth-order valence-electron chi connectivity index (χ4n) is 3.98. The Hall–Kier alpha value is -2.73. The molecule has 1 aliphatic carbocycles. The fourth-order valence-corrected chi connectivity index (χ4v) is 5.47. The zero-order valence-corrected chi connectivity index (χ0v) is 19.0. The van der Waals surface area contributed by atoms with Crippen LogP contribution >= 0.6 is 11.3 Å². The van der Waals surface area contributed by atoms with Crippen LogP contribution in [0.3, 0.4) is 0 Å². The third kappa shape index (κ3) is 4.64. The van der Waals surface area contributed by atoms with Gasteiger partial charge in [0.25, 0.3) is 0 Å². The van der Waals surface area contributed by atoms with Gasteiger partial charge in [0.1, 0.15) is 16.8 Å². The number of thiol groups is 1. The molecule has 0 bridgehead atoms. The molecule has 0 amide bonds. The number of benzene rings is 2. The first-order valence-electron chi connectivity index (χ1n) is 10.2. The lowest BCUT2D eigenvalue weighted by molar-refractivity contribution is 0.242. The molecule has 0 saturated carbocycles. The molecule has 0 unspecified atom stereocenters. The maximum Gasteiger partial charge on any atom is 0.201 e. The first-order valence-corrected chi connectivity index (χ1v) is 12.2. The number of hydrogen-bond acceptors (Lipinski definition) is 6. The highest BCUT2D eigenvalue weighted by molar-refractivity contribution is 7.70. The minimum atomic E-state index is -2.65. The van der Waals surface area contributed by atoms with E-state index in [4.69, 9.17) is 4.74 Å². The number of nitrogens with one attached hydrogen (secondary N) is 1. The third-order valence-corrected chi connectivity index (χ3v) is 6.85. The number of ether oxygens (including phenoxy) is 1. The topological polar surface area (TPSA) is 92.1 Å². The largest absolute Gasteiger partial charge is 0.490 e. The Bertz CT molecular complexity index is 1220. The van der Waals surface area contributed by atoms with Crippen LogP contribution in [0.4, 0.5) is 0 Å². The van der Waals surface area contributed by atoms with Gasteiger partial charge in [0, 0.05) is 17.8 Å². The summed E-state index contributed by atoms with van der Waals surface area (Å²) in [6.45, 7) is 3.86. The van der Waals surface area contributed by atoms with Gasteiger partial charge in [0.2, 0.25) is 10.9 Å². The Morgan fingerprint density at radius 1 is 1.29 bits per heavy atom. The average Bonchev–Trinajstić information content (AvgIpc) is 3.23. The number of nitriles is 1. The van der Waals surface area contributed by atoms with Gasteiger partial charge in [-0.2, -0.15) is 5.26 Å². The van der Waals surface area contributed by atoms with Crippen molar-refractivity contribution in [2.24, 2.45) is 0 Å². The van der Waals surface area contributed by atoms with E-state index >= 15 is 0 Å². The summed E-state index contributed by atoms with van der Waals surface area (Å²) < 4.78 is 30.8. The highest BCUT2D eigenvalue weighted by atomic mass is 32.2. The van der Waals surface area contributed by atoms with Crippen molar-refractivity contribution in [3.63, 3.8) is 0 Å². The summed E-state index contributed by atoms with van der Waals surface area (Å²) in [5, 5.41) is 10.3. The Morgan fingerprint density at radius 2 is 2.13 bits per heavy atom. The van der Waals surface area contributed by atoms with Gasteiger partial charge in [-0.15, -0.1) is 11.3 Å². The van der Waals surface area contributed by atoms with E-state index in [0.717, 1.165) is 45.8 Å². The van der Waals surface area contributed by atoms with Crippen molar-refractivity contribution in [3.05, 3.63) is 59.3 Å². The second-order valence-electron chi connectivity index (χ2n) is 7.72. The molecule has 2 aromatic carbocycles. The van der Waals surface area contributed by atoms with Crippen LogP contribution in [0.5, 0.6) is 5.75 Å². The second-order valence-corrected chi connectivity index (χ2v) is 9.53. The van der Waals surface area contributed by atoms with Crippen LogP contribution in [-0.2, 0) is 17.3 Å². The predicted octanol–water partition coefficient (Wildman–Crippen LogP) is 4.63. The van der Waals surface area contributed by atoms with E-state index in [1.54, 1.807) is 11.3 Å². The summed E-state index contributed by atoms with van der Waals surface area (Å²) in [4.78, 5) is 5.63. The van der Waals surface area contributed by atoms with E-state index in [0.29, 0.717) is 11.3 Å². The van der Waals surface area contributed by atoms with Crippen molar-refractivity contribution in [2.75, 3.05) is 0 Å². The number of rotatable bonds is 6. The molecule has 6 nitrogen and oxygen atoms in total. The molecule has 4 rings (SSSR count). The van der Waals surface area contributed by atoms with Crippen LogP contribution in [0.25, 0.3) is 21.0 Å². The molecular formula is C23H23N3O3S2. The molecule has 0 saturated heterocycles. The van der Waals surface area contributed by atoms with Gasteiger partial charge in [0.15, 0.2) is 0 Å². The van der Waals surface area contributed by atoms with Crippen LogP contribution in [0, 0.1) is 11.3 Å². The van der Waals surface area contributed by atoms with E-state index < -0.39 is 10.9 Å². The van der Waals surface area contributed by atoms with Gasteiger partial charge >= 0.3 is 0 Å². The third-order valence-electron chi connectivity index (χ3n) is 5.25. The molecule has 31 heavy (non-hydrogen) atoms. The lowest BCUT2D eigenvalue weighted by Crippen LogP contribution is -2.24. The van der Waals surface area contributed by atoms with Crippen LogP contribution in [0.1, 0.15) is 49.4 Å². The molecule has 1 atom stereocenters. The van der Waals surface area contributed by atoms with Crippen molar-refractivity contribution < 1.29 is 13.2 Å². The predicted molar refractivity (Wildman–Crippen MR) is 123 cm³/mol.